The number of hydrogen-bond acceptors (Lipinski definition) is 0. The summed E-state index contributed by atoms with van der Waals surface area (Å²) in [7, 11) is -1.74. The highest BCUT2D eigenvalue weighted by atomic mass is 35.5. The van der Waals surface area contributed by atoms with Gasteiger partial charge in [0.05, 0.1) is 6.16 Å². The van der Waals surface area contributed by atoms with E-state index in [9.17, 15) is 0 Å². The quantitative estimate of drug-likeness (QED) is 0.542. The largest absolute Gasteiger partial charge is 0.147 e. The Morgan fingerprint density at radius 1 is 0.625 bits per heavy atom. The highest BCUT2D eigenvalue weighted by molar-refractivity contribution is 7.95. The zero-order valence-corrected chi connectivity index (χ0v) is 15.7. The number of halogens is 2. The van der Waals surface area contributed by atoms with Crippen molar-refractivity contribution >= 4 is 47.2 Å². The van der Waals surface area contributed by atoms with Gasteiger partial charge in [-0.25, -0.2) is 0 Å². The molecule has 3 heteroatoms. The van der Waals surface area contributed by atoms with E-state index in [1.54, 1.807) is 5.54 Å². The van der Waals surface area contributed by atoms with Crippen LogP contribution < -0.4 is 15.9 Å². The molecule has 0 saturated heterocycles. The number of allylic oxidation sites excluding steroid dienone is 1. The lowest BCUT2D eigenvalue weighted by Crippen LogP contribution is -2.32. The van der Waals surface area contributed by atoms with Gasteiger partial charge in [0.1, 0.15) is 23.2 Å². The van der Waals surface area contributed by atoms with E-state index in [4.69, 9.17) is 11.6 Å². The molecule has 0 fully saturated rings. The molecule has 0 aromatic heterocycles. The molecule has 0 aliphatic carbocycles. The first-order valence-corrected chi connectivity index (χ1v) is 10.1. The second-order valence-electron chi connectivity index (χ2n) is 5.36. The Bertz CT molecular complexity index is 659. The average molecular weight is 374 g/mol. The fourth-order valence-electron chi connectivity index (χ4n) is 3.01. The first-order chi connectivity index (χ1) is 11.4. The Balaban J connectivity index is 0.00000208. The molecule has 3 aromatic rings. The Labute approximate surface area is 155 Å². The van der Waals surface area contributed by atoms with Gasteiger partial charge in [-0.05, 0) is 42.5 Å². The lowest BCUT2D eigenvalue weighted by Gasteiger charge is -2.26. The van der Waals surface area contributed by atoms with Crippen LogP contribution in [0.2, 0.25) is 0 Å². The summed E-state index contributed by atoms with van der Waals surface area (Å²) in [6, 6.07) is 32.5. The third-order valence-corrected chi connectivity index (χ3v) is 8.54. The molecule has 122 valence electrons. The van der Waals surface area contributed by atoms with Crippen LogP contribution in [-0.2, 0) is 0 Å². The van der Waals surface area contributed by atoms with Crippen molar-refractivity contribution in [2.45, 2.75) is 0 Å². The first kappa shape index (κ1) is 18.7. The molecule has 0 atom stereocenters. The van der Waals surface area contributed by atoms with Crippen molar-refractivity contribution in [1.82, 2.24) is 0 Å². The number of rotatable bonds is 5. The van der Waals surface area contributed by atoms with Crippen LogP contribution >= 0.6 is 31.3 Å². The van der Waals surface area contributed by atoms with E-state index in [1.165, 1.54) is 15.9 Å². The van der Waals surface area contributed by atoms with Crippen molar-refractivity contribution in [3.63, 3.8) is 0 Å². The summed E-state index contributed by atoms with van der Waals surface area (Å²) in [4.78, 5) is 0. The van der Waals surface area contributed by atoms with Crippen molar-refractivity contribution < 1.29 is 0 Å². The Hall–Kier alpha value is -1.59. The third kappa shape index (κ3) is 3.73. The second kappa shape index (κ2) is 9.04. The van der Waals surface area contributed by atoms with Gasteiger partial charge in [0.15, 0.2) is 0 Å². The number of benzene rings is 3. The van der Waals surface area contributed by atoms with E-state index in [0.717, 1.165) is 6.16 Å². The van der Waals surface area contributed by atoms with Crippen LogP contribution in [0.4, 0.5) is 0 Å². The zero-order chi connectivity index (χ0) is 16.0. The highest BCUT2D eigenvalue weighted by Crippen LogP contribution is 2.55. The highest BCUT2D eigenvalue weighted by Gasteiger charge is 2.43. The zero-order valence-electron chi connectivity index (χ0n) is 13.3. The Kier molecular flexibility index (Phi) is 7.06. The molecule has 0 spiro atoms. The summed E-state index contributed by atoms with van der Waals surface area (Å²) in [5.74, 6) is 0. The molecule has 0 aliphatic rings. The second-order valence-corrected chi connectivity index (χ2v) is 9.15. The monoisotopic (exact) mass is 373 g/mol. The maximum atomic E-state index is 5.91. The van der Waals surface area contributed by atoms with Crippen molar-refractivity contribution in [3.8, 4) is 0 Å². The summed E-state index contributed by atoms with van der Waals surface area (Å²) in [5.41, 5.74) is 1.64. The van der Waals surface area contributed by atoms with Gasteiger partial charge in [-0.15, -0.1) is 12.4 Å². The standard InChI is InChI=1S/C21H19ClP.ClH/c22-17-10-18-23(19-11-4-1-5-12-19,20-13-6-2-7-14-20)21-15-8-3-9-16-21;/h1-17H,18H2;1H/q+1;/b17-10+;. The lowest BCUT2D eigenvalue weighted by atomic mass is 10.4. The van der Waals surface area contributed by atoms with Crippen LogP contribution in [0.1, 0.15) is 0 Å². The van der Waals surface area contributed by atoms with E-state index in [1.807, 2.05) is 0 Å². The SMILES string of the molecule is Cl.Cl/C=C/C[P+](c1ccccc1)(c1ccccc1)c1ccccc1. The molecule has 0 unspecified atom stereocenters. The van der Waals surface area contributed by atoms with Crippen LogP contribution in [0, 0.1) is 0 Å². The van der Waals surface area contributed by atoms with Crippen LogP contribution in [0.3, 0.4) is 0 Å². The summed E-state index contributed by atoms with van der Waals surface area (Å²) < 4.78 is 0. The van der Waals surface area contributed by atoms with Crippen molar-refractivity contribution in [2.75, 3.05) is 6.16 Å². The maximum absolute atomic E-state index is 5.91. The molecule has 0 heterocycles. The fraction of sp³-hybridized carbons (Fsp3) is 0.0476. The van der Waals surface area contributed by atoms with Gasteiger partial charge in [0.25, 0.3) is 0 Å². The van der Waals surface area contributed by atoms with Gasteiger partial charge in [0.2, 0.25) is 0 Å². The summed E-state index contributed by atoms with van der Waals surface area (Å²) in [6.07, 6.45) is 3.01. The van der Waals surface area contributed by atoms with Gasteiger partial charge in [0, 0.05) is 5.54 Å². The first-order valence-electron chi connectivity index (χ1n) is 7.68. The average Bonchev–Trinajstić information content (AvgIpc) is 2.65. The van der Waals surface area contributed by atoms with Crippen molar-refractivity contribution in [3.05, 3.63) is 103 Å². The minimum Gasteiger partial charge on any atom is -0.147 e. The molecule has 0 nitrogen and oxygen atoms in total. The molecule has 0 bridgehead atoms. The molecular weight excluding hydrogens is 354 g/mol. The smallest absolute Gasteiger partial charge is 0.116 e. The van der Waals surface area contributed by atoms with Crippen molar-refractivity contribution in [1.29, 1.82) is 0 Å². The molecule has 0 N–H and O–H groups in total. The molecule has 0 saturated carbocycles. The molecule has 0 aliphatic heterocycles. The van der Waals surface area contributed by atoms with Crippen LogP contribution in [0.25, 0.3) is 0 Å². The van der Waals surface area contributed by atoms with Gasteiger partial charge in [-0.3, -0.25) is 0 Å². The van der Waals surface area contributed by atoms with E-state index < -0.39 is 7.26 Å². The maximum Gasteiger partial charge on any atom is 0.116 e. The van der Waals surface area contributed by atoms with E-state index >= 15 is 0 Å². The third-order valence-electron chi connectivity index (χ3n) is 4.06. The molecule has 3 rings (SSSR count). The fourth-order valence-corrected chi connectivity index (χ4v) is 7.21. The van der Waals surface area contributed by atoms with Gasteiger partial charge in [-0.1, -0.05) is 66.2 Å². The van der Waals surface area contributed by atoms with Crippen LogP contribution in [-0.4, -0.2) is 6.16 Å². The minimum absolute atomic E-state index is 0. The molecule has 0 radical (unpaired) electrons. The topological polar surface area (TPSA) is 0 Å². The van der Waals surface area contributed by atoms with Gasteiger partial charge < -0.3 is 0 Å². The van der Waals surface area contributed by atoms with Crippen LogP contribution in [0.15, 0.2) is 103 Å². The summed E-state index contributed by atoms with van der Waals surface area (Å²) in [6.45, 7) is 0. The van der Waals surface area contributed by atoms with E-state index in [2.05, 4.69) is 97.1 Å². The van der Waals surface area contributed by atoms with Crippen LogP contribution in [0.5, 0.6) is 0 Å². The van der Waals surface area contributed by atoms with Crippen molar-refractivity contribution in [2.24, 2.45) is 0 Å². The number of hydrogen-bond donors (Lipinski definition) is 0. The summed E-state index contributed by atoms with van der Waals surface area (Å²) >= 11 is 5.91. The lowest BCUT2D eigenvalue weighted by molar-refractivity contribution is 1.66. The summed E-state index contributed by atoms with van der Waals surface area (Å²) in [5, 5.41) is 4.14. The Morgan fingerprint density at radius 3 is 1.25 bits per heavy atom. The van der Waals surface area contributed by atoms with Gasteiger partial charge in [-0.2, -0.15) is 0 Å². The predicted octanol–water partition coefficient (Wildman–Crippen LogP) is 5.15. The minimum atomic E-state index is -1.74. The Morgan fingerprint density at radius 2 is 0.958 bits per heavy atom. The molecule has 24 heavy (non-hydrogen) atoms. The predicted molar refractivity (Wildman–Crippen MR) is 112 cm³/mol. The van der Waals surface area contributed by atoms with Gasteiger partial charge >= 0.3 is 0 Å². The van der Waals surface area contributed by atoms with E-state index in [0.29, 0.717) is 0 Å². The molecule has 0 amide bonds. The molecule has 3 aromatic carbocycles. The van der Waals surface area contributed by atoms with E-state index in [-0.39, 0.29) is 12.4 Å². The normalized spacial score (nSPS) is 11.2. The molecular formula is C21H20Cl2P+.